The Hall–Kier alpha value is -1.23. The van der Waals surface area contributed by atoms with Crippen molar-refractivity contribution in [3.05, 3.63) is 50.9 Å². The molecular formula is C11H9ClN2OS. The van der Waals surface area contributed by atoms with Crippen LogP contribution in [0, 0.1) is 0 Å². The van der Waals surface area contributed by atoms with Gasteiger partial charge in [0.05, 0.1) is 0 Å². The zero-order chi connectivity index (χ0) is 11.5. The molecule has 0 aliphatic carbocycles. The average molecular weight is 253 g/mol. The van der Waals surface area contributed by atoms with Gasteiger partial charge in [0.2, 0.25) is 5.78 Å². The third kappa shape index (κ3) is 2.29. The fourth-order valence-corrected chi connectivity index (χ4v) is 2.13. The predicted octanol–water partition coefficient (Wildman–Crippen LogP) is 2.49. The van der Waals surface area contributed by atoms with E-state index in [1.54, 1.807) is 29.6 Å². The van der Waals surface area contributed by atoms with Crippen LogP contribution in [0.25, 0.3) is 0 Å². The van der Waals surface area contributed by atoms with E-state index in [2.05, 4.69) is 4.98 Å². The van der Waals surface area contributed by atoms with Crippen LogP contribution in [0.3, 0.4) is 0 Å². The number of hydrogen-bond acceptors (Lipinski definition) is 4. The number of hydrogen-bond donors (Lipinski definition) is 1. The summed E-state index contributed by atoms with van der Waals surface area (Å²) in [5, 5.41) is 3.01. The van der Waals surface area contributed by atoms with Gasteiger partial charge in [0.25, 0.3) is 0 Å². The summed E-state index contributed by atoms with van der Waals surface area (Å²) < 4.78 is 0. The van der Waals surface area contributed by atoms with Crippen LogP contribution < -0.4 is 5.73 Å². The molecule has 2 aromatic rings. The summed E-state index contributed by atoms with van der Waals surface area (Å²) in [6.45, 7) is 0.355. The minimum Gasteiger partial charge on any atom is -0.325 e. The molecule has 2 rings (SSSR count). The van der Waals surface area contributed by atoms with E-state index in [1.165, 1.54) is 11.3 Å². The molecule has 0 radical (unpaired) electrons. The van der Waals surface area contributed by atoms with Crippen LogP contribution in [0.1, 0.15) is 21.1 Å². The van der Waals surface area contributed by atoms with Gasteiger partial charge in [-0.3, -0.25) is 4.79 Å². The molecule has 2 N–H and O–H groups in total. The smallest absolute Gasteiger partial charge is 0.212 e. The van der Waals surface area contributed by atoms with Crippen molar-refractivity contribution in [1.29, 1.82) is 0 Å². The molecule has 0 bridgehead atoms. The van der Waals surface area contributed by atoms with Crippen LogP contribution >= 0.6 is 22.9 Å². The van der Waals surface area contributed by atoms with Crippen molar-refractivity contribution in [2.75, 3.05) is 0 Å². The summed E-state index contributed by atoms with van der Waals surface area (Å²) >= 11 is 7.21. The topological polar surface area (TPSA) is 56.0 Å². The second-order valence-electron chi connectivity index (χ2n) is 3.17. The summed E-state index contributed by atoms with van der Waals surface area (Å²) in [5.41, 5.74) is 6.41. The number of carbonyl (C=O) groups excluding carboxylic acids is 1. The fraction of sp³-hybridized carbons (Fsp3) is 0.0909. The summed E-state index contributed by atoms with van der Waals surface area (Å²) in [6.07, 6.45) is 0. The highest BCUT2D eigenvalue weighted by atomic mass is 35.5. The second-order valence-corrected chi connectivity index (χ2v) is 4.55. The molecule has 0 saturated carbocycles. The Morgan fingerprint density at radius 3 is 2.94 bits per heavy atom. The molecular weight excluding hydrogens is 244 g/mol. The lowest BCUT2D eigenvalue weighted by molar-refractivity contribution is 0.103. The number of benzene rings is 1. The maximum Gasteiger partial charge on any atom is 0.212 e. The van der Waals surface area contributed by atoms with E-state index in [0.717, 1.165) is 5.01 Å². The average Bonchev–Trinajstić information content (AvgIpc) is 2.76. The molecule has 0 aliphatic rings. The lowest BCUT2D eigenvalue weighted by Crippen LogP contribution is -2.03. The number of aromatic nitrogens is 1. The van der Waals surface area contributed by atoms with Gasteiger partial charge in [-0.25, -0.2) is 4.98 Å². The SMILES string of the molecule is NCc1nc(C(=O)c2cccc(Cl)c2)cs1. The van der Waals surface area contributed by atoms with Crippen LogP contribution in [0.15, 0.2) is 29.6 Å². The van der Waals surface area contributed by atoms with Crippen LogP contribution in [0.2, 0.25) is 5.02 Å². The summed E-state index contributed by atoms with van der Waals surface area (Å²) in [7, 11) is 0. The first-order chi connectivity index (χ1) is 7.70. The van der Waals surface area contributed by atoms with Gasteiger partial charge in [-0.1, -0.05) is 23.7 Å². The third-order valence-electron chi connectivity index (χ3n) is 2.05. The van der Waals surface area contributed by atoms with Crippen LogP contribution in [-0.2, 0) is 6.54 Å². The highest BCUT2D eigenvalue weighted by molar-refractivity contribution is 7.09. The zero-order valence-corrected chi connectivity index (χ0v) is 9.89. The van der Waals surface area contributed by atoms with E-state index in [-0.39, 0.29) is 5.78 Å². The lowest BCUT2D eigenvalue weighted by Gasteiger charge is -1.97. The van der Waals surface area contributed by atoms with Gasteiger partial charge in [0, 0.05) is 22.5 Å². The normalized spacial score (nSPS) is 10.4. The minimum atomic E-state index is -0.126. The van der Waals surface area contributed by atoms with Crippen molar-refractivity contribution in [2.24, 2.45) is 5.73 Å². The van der Waals surface area contributed by atoms with Gasteiger partial charge in [-0.2, -0.15) is 0 Å². The predicted molar refractivity (Wildman–Crippen MR) is 64.9 cm³/mol. The molecule has 1 aromatic heterocycles. The Morgan fingerprint density at radius 2 is 2.31 bits per heavy atom. The van der Waals surface area contributed by atoms with Crippen LogP contribution in [-0.4, -0.2) is 10.8 Å². The maximum absolute atomic E-state index is 12.0. The van der Waals surface area contributed by atoms with E-state index in [9.17, 15) is 4.79 Å². The fourth-order valence-electron chi connectivity index (χ4n) is 1.29. The molecule has 1 aromatic carbocycles. The molecule has 0 spiro atoms. The molecule has 1 heterocycles. The van der Waals surface area contributed by atoms with E-state index in [1.807, 2.05) is 0 Å². The molecule has 0 fully saturated rings. The Balaban J connectivity index is 2.31. The van der Waals surface area contributed by atoms with Gasteiger partial charge in [0.1, 0.15) is 10.7 Å². The number of nitrogens with zero attached hydrogens (tertiary/aromatic N) is 1. The minimum absolute atomic E-state index is 0.126. The number of ketones is 1. The van der Waals surface area contributed by atoms with E-state index in [0.29, 0.717) is 22.8 Å². The maximum atomic E-state index is 12.0. The molecule has 0 aliphatic heterocycles. The van der Waals surface area contributed by atoms with Crippen LogP contribution in [0.4, 0.5) is 0 Å². The van der Waals surface area contributed by atoms with E-state index < -0.39 is 0 Å². The van der Waals surface area contributed by atoms with Crippen molar-refractivity contribution >= 4 is 28.7 Å². The zero-order valence-electron chi connectivity index (χ0n) is 8.31. The van der Waals surface area contributed by atoms with Gasteiger partial charge < -0.3 is 5.73 Å². The summed E-state index contributed by atoms with van der Waals surface area (Å²) in [4.78, 5) is 16.1. The first-order valence-electron chi connectivity index (χ1n) is 4.65. The number of thiazole rings is 1. The monoisotopic (exact) mass is 252 g/mol. The standard InChI is InChI=1S/C11H9ClN2OS/c12-8-3-1-2-7(4-8)11(15)9-6-16-10(5-13)14-9/h1-4,6H,5,13H2. The van der Waals surface area contributed by atoms with Crippen molar-refractivity contribution in [3.63, 3.8) is 0 Å². The molecule has 0 saturated heterocycles. The molecule has 0 amide bonds. The van der Waals surface area contributed by atoms with Gasteiger partial charge in [-0.05, 0) is 12.1 Å². The number of rotatable bonds is 3. The van der Waals surface area contributed by atoms with Gasteiger partial charge >= 0.3 is 0 Å². The van der Waals surface area contributed by atoms with Crippen molar-refractivity contribution in [1.82, 2.24) is 4.98 Å². The molecule has 82 valence electrons. The number of carbonyl (C=O) groups is 1. The van der Waals surface area contributed by atoms with Crippen molar-refractivity contribution < 1.29 is 4.79 Å². The Bertz CT molecular complexity index is 524. The van der Waals surface area contributed by atoms with Gasteiger partial charge in [-0.15, -0.1) is 11.3 Å². The molecule has 3 nitrogen and oxygen atoms in total. The Kier molecular flexibility index (Phi) is 3.33. The molecule has 0 atom stereocenters. The first kappa shape index (κ1) is 11.3. The first-order valence-corrected chi connectivity index (χ1v) is 5.91. The number of halogens is 1. The van der Waals surface area contributed by atoms with Crippen LogP contribution in [0.5, 0.6) is 0 Å². The van der Waals surface area contributed by atoms with Crippen molar-refractivity contribution in [2.45, 2.75) is 6.54 Å². The van der Waals surface area contributed by atoms with E-state index in [4.69, 9.17) is 17.3 Å². The Morgan fingerprint density at radius 1 is 1.50 bits per heavy atom. The van der Waals surface area contributed by atoms with E-state index >= 15 is 0 Å². The molecule has 5 heteroatoms. The summed E-state index contributed by atoms with van der Waals surface area (Å²) in [5.74, 6) is -0.126. The quantitative estimate of drug-likeness (QED) is 0.854. The molecule has 16 heavy (non-hydrogen) atoms. The third-order valence-corrected chi connectivity index (χ3v) is 3.15. The van der Waals surface area contributed by atoms with Gasteiger partial charge in [0.15, 0.2) is 0 Å². The highest BCUT2D eigenvalue weighted by Crippen LogP contribution is 2.16. The summed E-state index contributed by atoms with van der Waals surface area (Å²) in [6, 6.07) is 6.82. The molecule has 0 unspecified atom stereocenters. The highest BCUT2D eigenvalue weighted by Gasteiger charge is 2.12. The number of nitrogens with two attached hydrogens (primary N) is 1. The largest absolute Gasteiger partial charge is 0.325 e. The van der Waals surface area contributed by atoms with Crippen molar-refractivity contribution in [3.8, 4) is 0 Å². The lowest BCUT2D eigenvalue weighted by atomic mass is 10.1. The second kappa shape index (κ2) is 4.74. The Labute approximate surface area is 102 Å².